The van der Waals surface area contributed by atoms with Crippen LogP contribution in [-0.4, -0.2) is 50.3 Å². The zero-order chi connectivity index (χ0) is 14.4. The topological polar surface area (TPSA) is 66.5 Å². The second kappa shape index (κ2) is 7.21. The van der Waals surface area contributed by atoms with E-state index in [9.17, 15) is 4.79 Å². The molecule has 1 aromatic heterocycles. The summed E-state index contributed by atoms with van der Waals surface area (Å²) in [5.41, 5.74) is 1.10. The number of hydrogen-bond acceptors (Lipinski definition) is 5. The minimum atomic E-state index is -0.184. The molecule has 1 fully saturated rings. The first kappa shape index (κ1) is 14.7. The number of nitrogens with one attached hydrogen (secondary N) is 2. The molecule has 0 aromatic carbocycles. The highest BCUT2D eigenvalue weighted by molar-refractivity contribution is 5.86. The fourth-order valence-electron chi connectivity index (χ4n) is 2.30. The average molecular weight is 278 g/mol. The zero-order valence-corrected chi connectivity index (χ0v) is 12.1. The number of nitrogens with zero attached hydrogens (tertiary/aromatic N) is 2. The maximum Gasteiger partial charge on any atom is 0.242 e. The summed E-state index contributed by atoms with van der Waals surface area (Å²) in [4.78, 5) is 18.3. The molecule has 1 atom stereocenters. The molecule has 1 amide bonds. The van der Waals surface area contributed by atoms with E-state index in [2.05, 4.69) is 20.5 Å². The lowest BCUT2D eigenvalue weighted by Crippen LogP contribution is -2.54. The lowest BCUT2D eigenvalue weighted by Gasteiger charge is -2.34. The van der Waals surface area contributed by atoms with Gasteiger partial charge in [-0.15, -0.1) is 0 Å². The maximum atomic E-state index is 11.8. The Morgan fingerprint density at radius 2 is 2.45 bits per heavy atom. The van der Waals surface area contributed by atoms with Crippen LogP contribution in [0.25, 0.3) is 0 Å². The molecule has 0 bridgehead atoms. The van der Waals surface area contributed by atoms with Crippen LogP contribution in [0.15, 0.2) is 18.3 Å². The summed E-state index contributed by atoms with van der Waals surface area (Å²) in [5, 5.41) is 6.19. The molecule has 110 valence electrons. The molecule has 1 aliphatic heterocycles. The second-order valence-electron chi connectivity index (χ2n) is 4.82. The van der Waals surface area contributed by atoms with Gasteiger partial charge in [0, 0.05) is 45.0 Å². The van der Waals surface area contributed by atoms with E-state index in [4.69, 9.17) is 4.74 Å². The Balaban J connectivity index is 2.08. The van der Waals surface area contributed by atoms with Crippen molar-refractivity contribution in [3.8, 4) is 0 Å². The SMILES string of the molecule is COCCNCc1cccnc1N1CCNC(=O)C1C. The number of hydrogen-bond donors (Lipinski definition) is 2. The third-order valence-electron chi connectivity index (χ3n) is 3.44. The van der Waals surface area contributed by atoms with Crippen molar-refractivity contribution in [3.05, 3.63) is 23.9 Å². The standard InChI is InChI=1S/C14H22N4O2/c1-11-14(19)17-6-8-18(11)13-12(4-3-5-16-13)10-15-7-9-20-2/h3-5,11,15H,6-10H2,1-2H3,(H,17,19). The van der Waals surface area contributed by atoms with Gasteiger partial charge >= 0.3 is 0 Å². The van der Waals surface area contributed by atoms with E-state index in [1.807, 2.05) is 19.1 Å². The van der Waals surface area contributed by atoms with Gasteiger partial charge in [-0.1, -0.05) is 6.07 Å². The first-order chi connectivity index (χ1) is 9.74. The van der Waals surface area contributed by atoms with Crippen LogP contribution >= 0.6 is 0 Å². The highest BCUT2D eigenvalue weighted by atomic mass is 16.5. The summed E-state index contributed by atoms with van der Waals surface area (Å²) in [6, 6.07) is 3.78. The Hall–Kier alpha value is -1.66. The van der Waals surface area contributed by atoms with Crippen LogP contribution in [0.5, 0.6) is 0 Å². The number of rotatable bonds is 6. The maximum absolute atomic E-state index is 11.8. The third kappa shape index (κ3) is 3.46. The first-order valence-electron chi connectivity index (χ1n) is 6.92. The third-order valence-corrected chi connectivity index (χ3v) is 3.44. The van der Waals surface area contributed by atoms with Gasteiger partial charge in [0.25, 0.3) is 0 Å². The minimum absolute atomic E-state index is 0.0557. The lowest BCUT2D eigenvalue weighted by atomic mass is 10.1. The molecule has 0 radical (unpaired) electrons. The molecule has 0 aliphatic carbocycles. The zero-order valence-electron chi connectivity index (χ0n) is 12.1. The van der Waals surface area contributed by atoms with Crippen molar-refractivity contribution < 1.29 is 9.53 Å². The van der Waals surface area contributed by atoms with Gasteiger partial charge in [0.05, 0.1) is 6.61 Å². The monoisotopic (exact) mass is 278 g/mol. The van der Waals surface area contributed by atoms with E-state index in [0.717, 1.165) is 31.0 Å². The summed E-state index contributed by atoms with van der Waals surface area (Å²) in [5.74, 6) is 0.944. The van der Waals surface area contributed by atoms with Crippen molar-refractivity contribution >= 4 is 11.7 Å². The molecule has 2 heterocycles. The van der Waals surface area contributed by atoms with Crippen LogP contribution in [0, 0.1) is 0 Å². The van der Waals surface area contributed by atoms with E-state index >= 15 is 0 Å². The smallest absolute Gasteiger partial charge is 0.242 e. The fourth-order valence-corrected chi connectivity index (χ4v) is 2.30. The molecular weight excluding hydrogens is 256 g/mol. The minimum Gasteiger partial charge on any atom is -0.383 e. The Bertz CT molecular complexity index is 453. The van der Waals surface area contributed by atoms with E-state index < -0.39 is 0 Å². The molecule has 2 N–H and O–H groups in total. The van der Waals surface area contributed by atoms with Gasteiger partial charge in [0.15, 0.2) is 0 Å². The van der Waals surface area contributed by atoms with Crippen LogP contribution in [0.1, 0.15) is 12.5 Å². The van der Waals surface area contributed by atoms with Gasteiger partial charge in [0.1, 0.15) is 11.9 Å². The Morgan fingerprint density at radius 3 is 3.25 bits per heavy atom. The molecule has 1 aromatic rings. The number of amides is 1. The Kier molecular flexibility index (Phi) is 5.31. The van der Waals surface area contributed by atoms with Gasteiger partial charge in [-0.25, -0.2) is 4.98 Å². The summed E-state index contributed by atoms with van der Waals surface area (Å²) >= 11 is 0. The number of methoxy groups -OCH3 is 1. The molecule has 1 saturated heterocycles. The molecule has 0 spiro atoms. The molecule has 0 saturated carbocycles. The summed E-state index contributed by atoms with van der Waals surface area (Å²) < 4.78 is 5.02. The van der Waals surface area contributed by atoms with Crippen molar-refractivity contribution in [2.24, 2.45) is 0 Å². The molecule has 6 heteroatoms. The van der Waals surface area contributed by atoms with Crippen molar-refractivity contribution in [3.63, 3.8) is 0 Å². The van der Waals surface area contributed by atoms with E-state index in [0.29, 0.717) is 13.2 Å². The first-order valence-corrected chi connectivity index (χ1v) is 6.92. The van der Waals surface area contributed by atoms with Crippen LogP contribution in [-0.2, 0) is 16.1 Å². The van der Waals surface area contributed by atoms with E-state index in [1.54, 1.807) is 13.3 Å². The predicted octanol–water partition coefficient (Wildman–Crippen LogP) is 0.142. The van der Waals surface area contributed by atoms with Crippen LogP contribution < -0.4 is 15.5 Å². The average Bonchev–Trinajstić information content (AvgIpc) is 2.47. The number of ether oxygens (including phenoxy) is 1. The van der Waals surface area contributed by atoms with Gasteiger partial charge < -0.3 is 20.3 Å². The van der Waals surface area contributed by atoms with E-state index in [1.165, 1.54) is 0 Å². The molecule has 20 heavy (non-hydrogen) atoms. The highest BCUT2D eigenvalue weighted by Crippen LogP contribution is 2.20. The molecule has 6 nitrogen and oxygen atoms in total. The molecule has 2 rings (SSSR count). The van der Waals surface area contributed by atoms with Gasteiger partial charge in [-0.05, 0) is 13.0 Å². The number of pyridine rings is 1. The van der Waals surface area contributed by atoms with Crippen molar-refractivity contribution in [1.82, 2.24) is 15.6 Å². The van der Waals surface area contributed by atoms with Crippen molar-refractivity contribution in [2.75, 3.05) is 38.3 Å². The largest absolute Gasteiger partial charge is 0.383 e. The predicted molar refractivity (Wildman–Crippen MR) is 77.6 cm³/mol. The van der Waals surface area contributed by atoms with Gasteiger partial charge in [-0.3, -0.25) is 4.79 Å². The number of carbonyl (C=O) groups is 1. The van der Waals surface area contributed by atoms with Crippen LogP contribution in [0.2, 0.25) is 0 Å². The molecule has 1 unspecified atom stereocenters. The quantitative estimate of drug-likeness (QED) is 0.725. The Morgan fingerprint density at radius 1 is 1.60 bits per heavy atom. The van der Waals surface area contributed by atoms with E-state index in [-0.39, 0.29) is 11.9 Å². The van der Waals surface area contributed by atoms with Crippen molar-refractivity contribution in [2.45, 2.75) is 19.5 Å². The van der Waals surface area contributed by atoms with Crippen LogP contribution in [0.4, 0.5) is 5.82 Å². The highest BCUT2D eigenvalue weighted by Gasteiger charge is 2.27. The normalized spacial score (nSPS) is 19.0. The number of anilines is 1. The summed E-state index contributed by atoms with van der Waals surface area (Å²) in [6.45, 7) is 5.55. The summed E-state index contributed by atoms with van der Waals surface area (Å²) in [6.07, 6.45) is 1.77. The second-order valence-corrected chi connectivity index (χ2v) is 4.82. The summed E-state index contributed by atoms with van der Waals surface area (Å²) in [7, 11) is 1.69. The molecule has 1 aliphatic rings. The van der Waals surface area contributed by atoms with Gasteiger partial charge in [-0.2, -0.15) is 0 Å². The lowest BCUT2D eigenvalue weighted by molar-refractivity contribution is -0.122. The van der Waals surface area contributed by atoms with Crippen LogP contribution in [0.3, 0.4) is 0 Å². The van der Waals surface area contributed by atoms with Gasteiger partial charge in [0.2, 0.25) is 5.91 Å². The van der Waals surface area contributed by atoms with Crippen molar-refractivity contribution in [1.29, 1.82) is 0 Å². The Labute approximate surface area is 119 Å². The fraction of sp³-hybridized carbons (Fsp3) is 0.571. The number of piperazine rings is 1. The number of carbonyl (C=O) groups excluding carboxylic acids is 1. The molecular formula is C14H22N4O2. The number of aromatic nitrogens is 1.